The topological polar surface area (TPSA) is 64.7 Å². The second-order valence-corrected chi connectivity index (χ2v) is 4.82. The van der Waals surface area contributed by atoms with Crippen LogP contribution in [0.4, 0.5) is 0 Å². The highest BCUT2D eigenvalue weighted by molar-refractivity contribution is 6.29. The van der Waals surface area contributed by atoms with Crippen LogP contribution in [0.15, 0.2) is 65.7 Å². The van der Waals surface area contributed by atoms with E-state index in [9.17, 15) is 15.3 Å². The molecule has 0 amide bonds. The van der Waals surface area contributed by atoms with Crippen molar-refractivity contribution in [3.63, 3.8) is 0 Å². The van der Waals surface area contributed by atoms with Gasteiger partial charge >= 0.3 is 0 Å². The van der Waals surface area contributed by atoms with Gasteiger partial charge in [0.2, 0.25) is 0 Å². The average molecular weight is 282 g/mol. The van der Waals surface area contributed by atoms with Crippen molar-refractivity contribution < 1.29 is 4.79 Å². The fraction of sp³-hybridized carbons (Fsp3) is 0. The van der Waals surface area contributed by atoms with E-state index < -0.39 is 0 Å². The fourth-order valence-electron chi connectivity index (χ4n) is 2.56. The van der Waals surface area contributed by atoms with Crippen LogP contribution in [-0.2, 0) is 0 Å². The van der Waals surface area contributed by atoms with Gasteiger partial charge in [-0.25, -0.2) is 0 Å². The van der Waals surface area contributed by atoms with Gasteiger partial charge < -0.3 is 0 Å². The van der Waals surface area contributed by atoms with E-state index in [2.05, 4.69) is 0 Å². The molecule has 102 valence electrons. The van der Waals surface area contributed by atoms with Crippen LogP contribution in [0.25, 0.3) is 11.6 Å². The van der Waals surface area contributed by atoms with Crippen molar-refractivity contribution in [3.05, 3.63) is 82.4 Å². The Morgan fingerprint density at radius 2 is 1.45 bits per heavy atom. The number of benzene rings is 2. The molecule has 2 aromatic carbocycles. The van der Waals surface area contributed by atoms with E-state index in [1.54, 1.807) is 30.3 Å². The first-order valence-electron chi connectivity index (χ1n) is 6.72. The highest BCUT2D eigenvalue weighted by Gasteiger charge is 2.31. The first kappa shape index (κ1) is 13.5. The summed E-state index contributed by atoms with van der Waals surface area (Å²) >= 11 is 0. The van der Waals surface area contributed by atoms with Crippen LogP contribution < -0.4 is 0 Å². The second kappa shape index (κ2) is 5.52. The lowest BCUT2D eigenvalue weighted by Gasteiger charge is -2.02. The summed E-state index contributed by atoms with van der Waals surface area (Å²) in [6, 6.07) is 20.2. The predicted octanol–water partition coefficient (Wildman–Crippen LogP) is 3.77. The number of rotatable bonds is 1. The maximum Gasteiger partial charge on any atom is 0.194 e. The fourth-order valence-corrected chi connectivity index (χ4v) is 2.56. The van der Waals surface area contributed by atoms with Gasteiger partial charge in [-0.1, -0.05) is 54.6 Å². The molecular formula is C19H10N2O. The second-order valence-electron chi connectivity index (χ2n) is 4.82. The molecule has 3 nitrogen and oxygen atoms in total. The summed E-state index contributed by atoms with van der Waals surface area (Å²) < 4.78 is 0. The van der Waals surface area contributed by atoms with Gasteiger partial charge in [-0.15, -0.1) is 0 Å². The van der Waals surface area contributed by atoms with Crippen LogP contribution >= 0.6 is 0 Å². The largest absolute Gasteiger partial charge is 0.289 e. The van der Waals surface area contributed by atoms with E-state index in [-0.39, 0.29) is 11.4 Å². The molecule has 0 heterocycles. The molecule has 0 aromatic heterocycles. The molecule has 0 unspecified atom stereocenters. The maximum atomic E-state index is 12.6. The molecule has 0 spiro atoms. The van der Waals surface area contributed by atoms with Crippen molar-refractivity contribution in [3.8, 4) is 12.1 Å². The molecule has 0 aliphatic heterocycles. The first-order chi connectivity index (χ1) is 10.8. The number of ketones is 1. The molecule has 0 bridgehead atoms. The van der Waals surface area contributed by atoms with Crippen molar-refractivity contribution >= 4 is 17.4 Å². The van der Waals surface area contributed by atoms with Gasteiger partial charge in [0.15, 0.2) is 5.78 Å². The lowest BCUT2D eigenvalue weighted by molar-refractivity contribution is 0.104. The molecule has 1 aliphatic carbocycles. The van der Waals surface area contributed by atoms with Gasteiger partial charge in [0, 0.05) is 16.7 Å². The number of hydrogen-bond donors (Lipinski definition) is 0. The minimum absolute atomic E-state index is 0.0412. The van der Waals surface area contributed by atoms with Crippen LogP contribution in [0.2, 0.25) is 0 Å². The molecule has 0 atom stereocenters. The lowest BCUT2D eigenvalue weighted by atomic mass is 9.98. The third-order valence-electron chi connectivity index (χ3n) is 3.54. The van der Waals surface area contributed by atoms with E-state index in [0.29, 0.717) is 22.3 Å². The van der Waals surface area contributed by atoms with Crippen LogP contribution in [0.5, 0.6) is 0 Å². The van der Waals surface area contributed by atoms with Crippen molar-refractivity contribution in [2.24, 2.45) is 0 Å². The smallest absolute Gasteiger partial charge is 0.194 e. The predicted molar refractivity (Wildman–Crippen MR) is 83.3 cm³/mol. The number of hydrogen-bond acceptors (Lipinski definition) is 3. The molecule has 0 N–H and O–H groups in total. The molecular weight excluding hydrogens is 272 g/mol. The monoisotopic (exact) mass is 282 g/mol. The molecule has 1 aliphatic rings. The lowest BCUT2D eigenvalue weighted by Crippen LogP contribution is -1.95. The summed E-state index contributed by atoms with van der Waals surface area (Å²) in [7, 11) is 0. The number of fused-ring (bicyclic) bond motifs is 1. The zero-order valence-corrected chi connectivity index (χ0v) is 11.6. The Hall–Kier alpha value is -3.43. The summed E-state index contributed by atoms with van der Waals surface area (Å²) in [5, 5.41) is 18.4. The van der Waals surface area contributed by atoms with Crippen molar-refractivity contribution in [1.82, 2.24) is 0 Å². The highest BCUT2D eigenvalue weighted by atomic mass is 16.1. The van der Waals surface area contributed by atoms with Crippen molar-refractivity contribution in [2.45, 2.75) is 0 Å². The number of nitrogens with zero attached hydrogens (tertiary/aromatic N) is 2. The molecule has 0 saturated carbocycles. The Bertz CT molecular complexity index is 890. The minimum atomic E-state index is -0.155. The zero-order valence-electron chi connectivity index (χ0n) is 11.6. The molecule has 2 aromatic rings. The highest BCUT2D eigenvalue weighted by Crippen LogP contribution is 2.39. The van der Waals surface area contributed by atoms with Crippen LogP contribution in [0.1, 0.15) is 21.5 Å². The Morgan fingerprint density at radius 1 is 0.864 bits per heavy atom. The number of Topliss-reactive ketones (excluding diaryl/α,β-unsaturated/α-hetero) is 1. The number of carbonyl (C=O) groups is 1. The third-order valence-corrected chi connectivity index (χ3v) is 3.54. The Balaban J connectivity index is 2.30. The van der Waals surface area contributed by atoms with Gasteiger partial charge in [-0.3, -0.25) is 4.79 Å². The standard InChI is InChI=1S/C19H10N2O/c20-11-14(12-21)18-15-8-4-5-9-16(15)19(22)17(18)10-13-6-2-1-3-7-13/h1-10H. The Kier molecular flexibility index (Phi) is 3.40. The van der Waals surface area contributed by atoms with Gasteiger partial charge in [0.25, 0.3) is 0 Å². The summed E-state index contributed by atoms with van der Waals surface area (Å²) in [4.78, 5) is 12.6. The van der Waals surface area contributed by atoms with Crippen LogP contribution in [0.3, 0.4) is 0 Å². The summed E-state index contributed by atoms with van der Waals surface area (Å²) in [5.41, 5.74) is 2.81. The Labute approximate surface area is 128 Å². The zero-order chi connectivity index (χ0) is 15.5. The van der Waals surface area contributed by atoms with E-state index in [1.807, 2.05) is 42.5 Å². The van der Waals surface area contributed by atoms with Crippen LogP contribution in [0, 0.1) is 22.7 Å². The van der Waals surface area contributed by atoms with E-state index in [1.165, 1.54) is 0 Å². The average Bonchev–Trinajstić information content (AvgIpc) is 2.84. The molecule has 3 heteroatoms. The molecule has 22 heavy (non-hydrogen) atoms. The van der Waals surface area contributed by atoms with Gasteiger partial charge in [-0.05, 0) is 17.2 Å². The quantitative estimate of drug-likeness (QED) is 0.590. The summed E-state index contributed by atoms with van der Waals surface area (Å²) in [6.07, 6.45) is 1.73. The third kappa shape index (κ3) is 2.12. The van der Waals surface area contributed by atoms with E-state index >= 15 is 0 Å². The van der Waals surface area contributed by atoms with Crippen molar-refractivity contribution in [2.75, 3.05) is 0 Å². The summed E-state index contributed by atoms with van der Waals surface area (Å²) in [5.74, 6) is -0.155. The number of allylic oxidation sites excluding steroid dienone is 3. The van der Waals surface area contributed by atoms with Gasteiger partial charge in [0.05, 0.1) is 0 Å². The number of nitriles is 2. The van der Waals surface area contributed by atoms with Gasteiger partial charge in [0.1, 0.15) is 17.7 Å². The molecule has 3 rings (SSSR count). The van der Waals surface area contributed by atoms with E-state index in [0.717, 1.165) is 5.56 Å². The molecule has 0 saturated heterocycles. The SMILES string of the molecule is N#CC(C#N)=C1C(=Cc2ccccc2)C(=O)c2ccccc21. The summed E-state index contributed by atoms with van der Waals surface area (Å²) in [6.45, 7) is 0. The Morgan fingerprint density at radius 3 is 2.09 bits per heavy atom. The van der Waals surface area contributed by atoms with Gasteiger partial charge in [-0.2, -0.15) is 10.5 Å². The van der Waals surface area contributed by atoms with E-state index in [4.69, 9.17) is 0 Å². The van der Waals surface area contributed by atoms with Crippen molar-refractivity contribution in [1.29, 1.82) is 10.5 Å². The minimum Gasteiger partial charge on any atom is -0.289 e. The number of carbonyl (C=O) groups excluding carboxylic acids is 1. The maximum absolute atomic E-state index is 12.6. The molecule has 0 fully saturated rings. The molecule has 0 radical (unpaired) electrons. The first-order valence-corrected chi connectivity index (χ1v) is 6.72. The normalized spacial score (nSPS) is 14.4. The van der Waals surface area contributed by atoms with Crippen LogP contribution in [-0.4, -0.2) is 5.78 Å².